The highest BCUT2D eigenvalue weighted by atomic mass is 35.5. The minimum atomic E-state index is 0.0374. The van der Waals surface area contributed by atoms with Crippen LogP contribution < -0.4 is 5.73 Å². The molecule has 0 heterocycles. The van der Waals surface area contributed by atoms with Crippen LogP contribution in [0, 0.1) is 0 Å². The van der Waals surface area contributed by atoms with Crippen LogP contribution in [0.3, 0.4) is 0 Å². The molecule has 0 aliphatic carbocycles. The smallest absolute Gasteiger partial charge is 0.138 e. The van der Waals surface area contributed by atoms with Gasteiger partial charge in [-0.05, 0) is 42.5 Å². The van der Waals surface area contributed by atoms with Crippen molar-refractivity contribution in [2.45, 2.75) is 0 Å². The Morgan fingerprint density at radius 3 is 2.18 bits per heavy atom. The van der Waals surface area contributed by atoms with Gasteiger partial charge in [-0.3, -0.25) is 0 Å². The number of benzene rings is 2. The molecular weight excluding hydrogens is 238 g/mol. The van der Waals surface area contributed by atoms with Gasteiger partial charge < -0.3 is 10.8 Å². The summed E-state index contributed by atoms with van der Waals surface area (Å²) in [7, 11) is 0. The lowest BCUT2D eigenvalue weighted by molar-refractivity contribution is 0.478. The second-order valence-electron chi connectivity index (χ2n) is 3.42. The molecule has 0 aliphatic rings. The van der Waals surface area contributed by atoms with E-state index in [-0.39, 0.29) is 11.4 Å². The lowest BCUT2D eigenvalue weighted by atomic mass is 10.2. The van der Waals surface area contributed by atoms with E-state index >= 15 is 0 Å². The Bertz CT molecular complexity index is 552. The Labute approximate surface area is 103 Å². The molecular formula is C12H10ClN3O. The molecule has 0 aliphatic heterocycles. The van der Waals surface area contributed by atoms with Gasteiger partial charge in [0.15, 0.2) is 0 Å². The van der Waals surface area contributed by atoms with E-state index in [4.69, 9.17) is 17.3 Å². The number of nitrogens with zero attached hydrogens (tertiary/aromatic N) is 2. The van der Waals surface area contributed by atoms with Gasteiger partial charge in [-0.25, -0.2) is 0 Å². The first-order valence-corrected chi connectivity index (χ1v) is 5.29. The molecule has 0 aromatic heterocycles. The molecule has 2 aromatic carbocycles. The molecule has 0 unspecified atom stereocenters. The molecule has 0 saturated heterocycles. The van der Waals surface area contributed by atoms with Crippen LogP contribution in [0.25, 0.3) is 0 Å². The summed E-state index contributed by atoms with van der Waals surface area (Å²) >= 11 is 5.75. The molecule has 2 aromatic rings. The third kappa shape index (κ3) is 2.95. The summed E-state index contributed by atoms with van der Waals surface area (Å²) in [4.78, 5) is 0. The minimum absolute atomic E-state index is 0.0374. The summed E-state index contributed by atoms with van der Waals surface area (Å²) < 4.78 is 0. The summed E-state index contributed by atoms with van der Waals surface area (Å²) in [6.45, 7) is 0. The van der Waals surface area contributed by atoms with Crippen molar-refractivity contribution in [2.75, 3.05) is 5.73 Å². The van der Waals surface area contributed by atoms with Crippen LogP contribution in [-0.4, -0.2) is 5.11 Å². The van der Waals surface area contributed by atoms with E-state index in [0.717, 1.165) is 0 Å². The molecule has 0 radical (unpaired) electrons. The zero-order chi connectivity index (χ0) is 12.3. The number of halogens is 1. The molecule has 0 fully saturated rings. The van der Waals surface area contributed by atoms with Gasteiger partial charge in [0, 0.05) is 5.02 Å². The maximum atomic E-state index is 9.25. The van der Waals surface area contributed by atoms with Crippen molar-refractivity contribution >= 4 is 28.7 Å². The quantitative estimate of drug-likeness (QED) is 0.478. The first kappa shape index (κ1) is 11.4. The summed E-state index contributed by atoms with van der Waals surface area (Å²) in [5.74, 6) is 0.0374. The molecule has 4 nitrogen and oxygen atoms in total. The highest BCUT2D eigenvalue weighted by Gasteiger charge is 1.97. The molecule has 0 atom stereocenters. The van der Waals surface area contributed by atoms with E-state index in [9.17, 15) is 5.11 Å². The van der Waals surface area contributed by atoms with Crippen LogP contribution in [0.1, 0.15) is 0 Å². The summed E-state index contributed by atoms with van der Waals surface area (Å²) in [5.41, 5.74) is 7.09. The van der Waals surface area contributed by atoms with Crippen molar-refractivity contribution in [2.24, 2.45) is 10.2 Å². The van der Waals surface area contributed by atoms with E-state index in [1.54, 1.807) is 36.4 Å². The maximum Gasteiger partial charge on any atom is 0.138 e. The highest BCUT2D eigenvalue weighted by Crippen LogP contribution is 2.26. The number of anilines is 1. The molecule has 5 heteroatoms. The number of nitrogen functional groups attached to an aromatic ring is 1. The van der Waals surface area contributed by atoms with E-state index in [2.05, 4.69) is 10.2 Å². The zero-order valence-corrected chi connectivity index (χ0v) is 9.59. The molecule has 2 rings (SSSR count). The van der Waals surface area contributed by atoms with E-state index < -0.39 is 0 Å². The van der Waals surface area contributed by atoms with Gasteiger partial charge in [-0.1, -0.05) is 11.6 Å². The fourth-order valence-corrected chi connectivity index (χ4v) is 1.35. The predicted molar refractivity (Wildman–Crippen MR) is 68.1 cm³/mol. The first-order valence-electron chi connectivity index (χ1n) is 4.91. The standard InChI is InChI=1S/C12H10ClN3O/c13-8-1-3-9(4-2-8)15-16-10-5-6-12(17)11(14)7-10/h1-7,17H,14H2. The number of phenols is 1. The Hall–Kier alpha value is -2.07. The number of hydrogen-bond donors (Lipinski definition) is 2. The second-order valence-corrected chi connectivity index (χ2v) is 3.86. The molecule has 0 amide bonds. The average molecular weight is 248 g/mol. The van der Waals surface area contributed by atoms with Crippen molar-refractivity contribution in [3.63, 3.8) is 0 Å². The van der Waals surface area contributed by atoms with Crippen LogP contribution in [0.4, 0.5) is 17.1 Å². The fourth-order valence-electron chi connectivity index (χ4n) is 1.23. The van der Waals surface area contributed by atoms with Crippen LogP contribution in [-0.2, 0) is 0 Å². The van der Waals surface area contributed by atoms with Crippen LogP contribution >= 0.6 is 11.6 Å². The van der Waals surface area contributed by atoms with Crippen molar-refractivity contribution in [1.82, 2.24) is 0 Å². The molecule has 3 N–H and O–H groups in total. The molecule has 0 saturated carbocycles. The third-order valence-electron chi connectivity index (χ3n) is 2.12. The highest BCUT2D eigenvalue weighted by molar-refractivity contribution is 6.30. The first-order chi connectivity index (χ1) is 8.15. The SMILES string of the molecule is Nc1cc(N=Nc2ccc(Cl)cc2)ccc1O. The second kappa shape index (κ2) is 4.84. The number of azo groups is 1. The summed E-state index contributed by atoms with van der Waals surface area (Å²) in [6.07, 6.45) is 0. The molecule has 0 bridgehead atoms. The zero-order valence-electron chi connectivity index (χ0n) is 8.84. The minimum Gasteiger partial charge on any atom is -0.506 e. The third-order valence-corrected chi connectivity index (χ3v) is 2.37. The Morgan fingerprint density at radius 1 is 0.941 bits per heavy atom. The fraction of sp³-hybridized carbons (Fsp3) is 0. The topological polar surface area (TPSA) is 71.0 Å². The maximum absolute atomic E-state index is 9.25. The number of hydrogen-bond acceptors (Lipinski definition) is 4. The van der Waals surface area contributed by atoms with Gasteiger partial charge in [0.05, 0.1) is 17.1 Å². The predicted octanol–water partition coefficient (Wildman–Crippen LogP) is 4.04. The van der Waals surface area contributed by atoms with Crippen molar-refractivity contribution in [3.8, 4) is 5.75 Å². The van der Waals surface area contributed by atoms with E-state index in [1.807, 2.05) is 0 Å². The van der Waals surface area contributed by atoms with Gasteiger partial charge in [0.1, 0.15) is 5.75 Å². The van der Waals surface area contributed by atoms with Gasteiger partial charge >= 0.3 is 0 Å². The van der Waals surface area contributed by atoms with Gasteiger partial charge in [-0.2, -0.15) is 10.2 Å². The average Bonchev–Trinajstić information content (AvgIpc) is 2.33. The van der Waals surface area contributed by atoms with Gasteiger partial charge in [-0.15, -0.1) is 0 Å². The summed E-state index contributed by atoms with van der Waals surface area (Å²) in [6, 6.07) is 11.7. The van der Waals surface area contributed by atoms with Crippen molar-refractivity contribution < 1.29 is 5.11 Å². The molecule has 17 heavy (non-hydrogen) atoms. The largest absolute Gasteiger partial charge is 0.506 e. The van der Waals surface area contributed by atoms with Crippen LogP contribution in [0.5, 0.6) is 5.75 Å². The molecule has 86 valence electrons. The number of aromatic hydroxyl groups is 1. The van der Waals surface area contributed by atoms with Gasteiger partial charge in [0.2, 0.25) is 0 Å². The van der Waals surface area contributed by atoms with Gasteiger partial charge in [0.25, 0.3) is 0 Å². The van der Waals surface area contributed by atoms with Crippen LogP contribution in [0.15, 0.2) is 52.7 Å². The van der Waals surface area contributed by atoms with E-state index in [1.165, 1.54) is 6.07 Å². The van der Waals surface area contributed by atoms with Crippen molar-refractivity contribution in [3.05, 3.63) is 47.5 Å². The van der Waals surface area contributed by atoms with E-state index in [0.29, 0.717) is 16.4 Å². The number of phenolic OH excluding ortho intramolecular Hbond substituents is 1. The Kier molecular flexibility index (Phi) is 3.25. The lowest BCUT2D eigenvalue weighted by Gasteiger charge is -1.98. The lowest BCUT2D eigenvalue weighted by Crippen LogP contribution is -1.83. The Morgan fingerprint density at radius 2 is 1.53 bits per heavy atom. The monoisotopic (exact) mass is 247 g/mol. The number of rotatable bonds is 2. The number of nitrogens with two attached hydrogens (primary N) is 1. The normalized spacial score (nSPS) is 10.9. The van der Waals surface area contributed by atoms with Crippen molar-refractivity contribution in [1.29, 1.82) is 0 Å². The molecule has 0 spiro atoms. The van der Waals surface area contributed by atoms with Crippen LogP contribution in [0.2, 0.25) is 5.02 Å². The Balaban J connectivity index is 2.20. The summed E-state index contributed by atoms with van der Waals surface area (Å²) in [5, 5.41) is 17.9.